The first-order chi connectivity index (χ1) is 12.5. The number of hydrogen-bond acceptors (Lipinski definition) is 6. The first-order valence-electron chi connectivity index (χ1n) is 8.84. The Morgan fingerprint density at radius 3 is 2.73 bits per heavy atom. The molecule has 1 aliphatic heterocycles. The van der Waals surface area contributed by atoms with Gasteiger partial charge in [0.15, 0.2) is 0 Å². The number of amides is 1. The molecule has 0 radical (unpaired) electrons. The highest BCUT2D eigenvalue weighted by atomic mass is 16.5. The van der Waals surface area contributed by atoms with Gasteiger partial charge in [0.2, 0.25) is 5.91 Å². The predicted molar refractivity (Wildman–Crippen MR) is 97.9 cm³/mol. The van der Waals surface area contributed by atoms with Crippen molar-refractivity contribution in [2.45, 2.75) is 33.2 Å². The molecule has 0 aromatic carbocycles. The summed E-state index contributed by atoms with van der Waals surface area (Å²) in [7, 11) is 3.48. The number of aryl methyl sites for hydroxylation is 3. The van der Waals surface area contributed by atoms with E-state index in [0.717, 1.165) is 47.1 Å². The molecule has 1 N–H and O–H groups in total. The number of carbonyl (C=O) groups is 1. The van der Waals surface area contributed by atoms with Crippen molar-refractivity contribution in [1.29, 1.82) is 0 Å². The molecule has 8 heteroatoms. The van der Waals surface area contributed by atoms with E-state index in [-0.39, 0.29) is 12.5 Å². The summed E-state index contributed by atoms with van der Waals surface area (Å²) in [5.74, 6) is 1.61. The number of nitrogens with zero attached hydrogens (tertiary/aromatic N) is 5. The van der Waals surface area contributed by atoms with Gasteiger partial charge in [-0.2, -0.15) is 5.10 Å². The van der Waals surface area contributed by atoms with E-state index in [0.29, 0.717) is 19.6 Å². The predicted octanol–water partition coefficient (Wildman–Crippen LogP) is 1.01. The zero-order valence-electron chi connectivity index (χ0n) is 15.9. The molecule has 0 spiro atoms. The van der Waals surface area contributed by atoms with Gasteiger partial charge >= 0.3 is 0 Å². The molecule has 0 unspecified atom stereocenters. The quantitative estimate of drug-likeness (QED) is 0.859. The van der Waals surface area contributed by atoms with Gasteiger partial charge in [0.1, 0.15) is 18.2 Å². The Morgan fingerprint density at radius 1 is 1.27 bits per heavy atom. The molecule has 0 atom stereocenters. The van der Waals surface area contributed by atoms with Crippen LogP contribution in [0, 0.1) is 13.8 Å². The summed E-state index contributed by atoms with van der Waals surface area (Å²) in [6.45, 7) is 5.96. The van der Waals surface area contributed by atoms with Gasteiger partial charge in [0.25, 0.3) is 0 Å². The van der Waals surface area contributed by atoms with Crippen LogP contribution in [-0.2, 0) is 36.0 Å². The van der Waals surface area contributed by atoms with Gasteiger partial charge in [-0.15, -0.1) is 0 Å². The maximum atomic E-state index is 12.1. The van der Waals surface area contributed by atoms with Crippen molar-refractivity contribution >= 4 is 11.7 Å². The van der Waals surface area contributed by atoms with E-state index in [2.05, 4.69) is 26.4 Å². The summed E-state index contributed by atoms with van der Waals surface area (Å²) in [6.07, 6.45) is 1.46. The first kappa shape index (κ1) is 18.3. The van der Waals surface area contributed by atoms with Crippen LogP contribution in [0.2, 0.25) is 0 Å². The third-order valence-electron chi connectivity index (χ3n) is 4.61. The number of nitrogens with one attached hydrogen (secondary N) is 1. The molecule has 0 fully saturated rings. The number of rotatable bonds is 5. The van der Waals surface area contributed by atoms with Crippen molar-refractivity contribution in [1.82, 2.24) is 24.6 Å². The molecule has 1 amide bonds. The van der Waals surface area contributed by atoms with E-state index in [1.807, 2.05) is 30.5 Å². The summed E-state index contributed by atoms with van der Waals surface area (Å²) in [4.78, 5) is 23.2. The number of anilines is 1. The third-order valence-corrected chi connectivity index (χ3v) is 4.61. The lowest BCUT2D eigenvalue weighted by Gasteiger charge is -2.19. The minimum absolute atomic E-state index is 0.0184. The van der Waals surface area contributed by atoms with Crippen molar-refractivity contribution in [3.05, 3.63) is 34.5 Å². The molecule has 3 heterocycles. The average molecular weight is 358 g/mol. The molecule has 0 aliphatic carbocycles. The second-order valence-electron chi connectivity index (χ2n) is 6.61. The number of aromatic nitrogens is 4. The van der Waals surface area contributed by atoms with Crippen molar-refractivity contribution in [3.8, 4) is 0 Å². The normalized spacial score (nSPS) is 14.1. The fourth-order valence-corrected chi connectivity index (χ4v) is 3.34. The van der Waals surface area contributed by atoms with E-state index >= 15 is 0 Å². The van der Waals surface area contributed by atoms with Crippen LogP contribution in [0.5, 0.6) is 0 Å². The molecule has 1 aliphatic rings. The Kier molecular flexibility index (Phi) is 5.51. The monoisotopic (exact) mass is 358 g/mol. The highest BCUT2D eigenvalue weighted by molar-refractivity contribution is 5.77. The van der Waals surface area contributed by atoms with Crippen LogP contribution >= 0.6 is 0 Å². The molecule has 3 rings (SSSR count). The standard InChI is InChI=1S/C18H26N6O2/c1-12-9-14(23(3)22-12)10-19-18-15-5-7-24(17(25)11-26-4)8-6-16(15)20-13(2)21-18/h9H,5-8,10-11H2,1-4H3,(H,19,20,21). The van der Waals surface area contributed by atoms with E-state index in [1.54, 1.807) is 7.11 Å². The van der Waals surface area contributed by atoms with E-state index < -0.39 is 0 Å². The third kappa shape index (κ3) is 4.01. The van der Waals surface area contributed by atoms with Crippen molar-refractivity contribution in [3.63, 3.8) is 0 Å². The van der Waals surface area contributed by atoms with Gasteiger partial charge in [-0.1, -0.05) is 0 Å². The van der Waals surface area contributed by atoms with Crippen molar-refractivity contribution < 1.29 is 9.53 Å². The number of ether oxygens (including phenoxy) is 1. The van der Waals surface area contributed by atoms with Gasteiger partial charge in [0, 0.05) is 39.2 Å². The highest BCUT2D eigenvalue weighted by Crippen LogP contribution is 2.22. The molecule has 2 aromatic heterocycles. The lowest BCUT2D eigenvalue weighted by atomic mass is 10.1. The van der Waals surface area contributed by atoms with Gasteiger partial charge < -0.3 is 15.0 Å². The molecular formula is C18H26N6O2. The van der Waals surface area contributed by atoms with Crippen molar-refractivity contribution in [2.75, 3.05) is 32.1 Å². The summed E-state index contributed by atoms with van der Waals surface area (Å²) in [5.41, 5.74) is 4.21. The summed E-state index contributed by atoms with van der Waals surface area (Å²) >= 11 is 0. The molecule has 0 saturated carbocycles. The van der Waals surface area contributed by atoms with Crippen LogP contribution in [-0.4, -0.2) is 57.4 Å². The molecule has 0 bridgehead atoms. The van der Waals surface area contributed by atoms with E-state index in [4.69, 9.17) is 4.74 Å². The Morgan fingerprint density at radius 2 is 2.04 bits per heavy atom. The van der Waals surface area contributed by atoms with Gasteiger partial charge in [-0.05, 0) is 26.3 Å². The maximum Gasteiger partial charge on any atom is 0.248 e. The van der Waals surface area contributed by atoms with Crippen LogP contribution in [0.15, 0.2) is 6.07 Å². The lowest BCUT2D eigenvalue weighted by molar-refractivity contribution is -0.135. The molecule has 2 aromatic rings. The molecule has 140 valence electrons. The van der Waals surface area contributed by atoms with Crippen LogP contribution in [0.4, 0.5) is 5.82 Å². The van der Waals surface area contributed by atoms with Gasteiger partial charge in [-0.3, -0.25) is 9.48 Å². The number of carbonyl (C=O) groups excluding carboxylic acids is 1. The average Bonchev–Trinajstić information content (AvgIpc) is 2.79. The van der Waals surface area contributed by atoms with E-state index in [9.17, 15) is 4.79 Å². The maximum absolute atomic E-state index is 12.1. The fourth-order valence-electron chi connectivity index (χ4n) is 3.34. The summed E-state index contributed by atoms with van der Waals surface area (Å²) < 4.78 is 6.85. The van der Waals surface area contributed by atoms with Crippen LogP contribution < -0.4 is 5.32 Å². The topological polar surface area (TPSA) is 85.2 Å². The fraction of sp³-hybridized carbons (Fsp3) is 0.556. The highest BCUT2D eigenvalue weighted by Gasteiger charge is 2.22. The van der Waals surface area contributed by atoms with Crippen LogP contribution in [0.3, 0.4) is 0 Å². The molecule has 0 saturated heterocycles. The SMILES string of the molecule is COCC(=O)N1CCc2nc(C)nc(NCc3cc(C)nn3C)c2CC1. The number of fused-ring (bicyclic) bond motifs is 1. The molecule has 8 nitrogen and oxygen atoms in total. The zero-order valence-corrected chi connectivity index (χ0v) is 15.9. The second-order valence-corrected chi connectivity index (χ2v) is 6.61. The summed E-state index contributed by atoms with van der Waals surface area (Å²) in [5, 5.41) is 7.82. The number of hydrogen-bond donors (Lipinski definition) is 1. The van der Waals surface area contributed by atoms with E-state index in [1.165, 1.54) is 0 Å². The zero-order chi connectivity index (χ0) is 18.7. The summed E-state index contributed by atoms with van der Waals surface area (Å²) in [6, 6.07) is 2.06. The largest absolute Gasteiger partial charge is 0.375 e. The van der Waals surface area contributed by atoms with Gasteiger partial charge in [0.05, 0.1) is 23.6 Å². The molecule has 26 heavy (non-hydrogen) atoms. The van der Waals surface area contributed by atoms with Crippen LogP contribution in [0.1, 0.15) is 28.5 Å². The van der Waals surface area contributed by atoms with Crippen molar-refractivity contribution in [2.24, 2.45) is 7.05 Å². The first-order valence-corrected chi connectivity index (χ1v) is 8.84. The Labute approximate surface area is 153 Å². The smallest absolute Gasteiger partial charge is 0.248 e. The van der Waals surface area contributed by atoms with Gasteiger partial charge in [-0.25, -0.2) is 9.97 Å². The second kappa shape index (κ2) is 7.82. The Bertz CT molecular complexity index is 801. The lowest BCUT2D eigenvalue weighted by Crippen LogP contribution is -2.35. The minimum atomic E-state index is 0.0184. The number of methoxy groups -OCH3 is 1. The van der Waals surface area contributed by atoms with Crippen LogP contribution in [0.25, 0.3) is 0 Å². The Hall–Kier alpha value is -2.48. The minimum Gasteiger partial charge on any atom is -0.375 e. The molecular weight excluding hydrogens is 332 g/mol. The Balaban J connectivity index is 1.78.